The van der Waals surface area contributed by atoms with Gasteiger partial charge in [0.1, 0.15) is 5.69 Å². The molecule has 0 aliphatic carbocycles. The third-order valence-corrected chi connectivity index (χ3v) is 3.60. The van der Waals surface area contributed by atoms with Crippen molar-refractivity contribution in [3.63, 3.8) is 0 Å². The summed E-state index contributed by atoms with van der Waals surface area (Å²) < 4.78 is 4.66. The number of amides is 1. The molecule has 2 N–H and O–H groups in total. The number of anilines is 2. The highest BCUT2D eigenvalue weighted by atomic mass is 16.5. The smallest absolute Gasteiger partial charge is 0.337 e. The Morgan fingerprint density at radius 2 is 1.76 bits per heavy atom. The predicted octanol–water partition coefficient (Wildman–Crippen LogP) is 3.39. The summed E-state index contributed by atoms with van der Waals surface area (Å²) in [6.45, 7) is 4.87. The zero-order chi connectivity index (χ0) is 18.2. The number of benzene rings is 1. The molecule has 6 heteroatoms. The summed E-state index contributed by atoms with van der Waals surface area (Å²) in [5, 5.41) is 6.02. The Bertz CT molecular complexity index is 710. The highest BCUT2D eigenvalue weighted by molar-refractivity contribution is 5.92. The van der Waals surface area contributed by atoms with E-state index in [1.54, 1.807) is 42.6 Å². The van der Waals surface area contributed by atoms with Gasteiger partial charge in [0.2, 0.25) is 0 Å². The van der Waals surface area contributed by atoms with Crippen LogP contribution in [0.5, 0.6) is 0 Å². The molecule has 1 heterocycles. The van der Waals surface area contributed by atoms with Crippen LogP contribution in [0.25, 0.3) is 0 Å². The SMILES string of the molecule is COC(=O)c1ccc(Nc2ccc(C(=O)NCCC(C)C)nc2)cc1. The van der Waals surface area contributed by atoms with Gasteiger partial charge in [-0.05, 0) is 48.7 Å². The molecule has 0 saturated heterocycles. The first-order valence-corrected chi connectivity index (χ1v) is 8.19. The highest BCUT2D eigenvalue weighted by Gasteiger charge is 2.08. The first-order valence-electron chi connectivity index (χ1n) is 8.19. The van der Waals surface area contributed by atoms with E-state index in [2.05, 4.69) is 34.2 Å². The molecule has 1 aromatic heterocycles. The van der Waals surface area contributed by atoms with E-state index < -0.39 is 0 Å². The number of rotatable bonds is 7. The number of nitrogens with one attached hydrogen (secondary N) is 2. The molecule has 25 heavy (non-hydrogen) atoms. The summed E-state index contributed by atoms with van der Waals surface area (Å²) >= 11 is 0. The number of carbonyl (C=O) groups excluding carboxylic acids is 2. The minimum absolute atomic E-state index is 0.172. The largest absolute Gasteiger partial charge is 0.465 e. The lowest BCUT2D eigenvalue weighted by atomic mass is 10.1. The molecular formula is C19H23N3O3. The van der Waals surface area contributed by atoms with Crippen LogP contribution < -0.4 is 10.6 Å². The zero-order valence-electron chi connectivity index (χ0n) is 14.7. The van der Waals surface area contributed by atoms with Crippen molar-refractivity contribution in [1.29, 1.82) is 0 Å². The van der Waals surface area contributed by atoms with Gasteiger partial charge in [0.15, 0.2) is 0 Å². The fourth-order valence-electron chi connectivity index (χ4n) is 2.14. The van der Waals surface area contributed by atoms with Gasteiger partial charge >= 0.3 is 5.97 Å². The molecule has 1 aromatic carbocycles. The second kappa shape index (κ2) is 8.82. The number of aromatic nitrogens is 1. The van der Waals surface area contributed by atoms with Crippen molar-refractivity contribution in [2.24, 2.45) is 5.92 Å². The van der Waals surface area contributed by atoms with Gasteiger partial charge in [-0.25, -0.2) is 9.78 Å². The molecule has 0 radical (unpaired) electrons. The average molecular weight is 341 g/mol. The van der Waals surface area contributed by atoms with E-state index in [0.717, 1.165) is 17.8 Å². The summed E-state index contributed by atoms with van der Waals surface area (Å²) in [5.41, 5.74) is 2.43. The maximum absolute atomic E-state index is 12.0. The fourth-order valence-corrected chi connectivity index (χ4v) is 2.14. The van der Waals surface area contributed by atoms with Crippen molar-refractivity contribution >= 4 is 23.3 Å². The van der Waals surface area contributed by atoms with Crippen molar-refractivity contribution in [2.75, 3.05) is 19.0 Å². The number of methoxy groups -OCH3 is 1. The van der Waals surface area contributed by atoms with Gasteiger partial charge in [0.25, 0.3) is 5.91 Å². The summed E-state index contributed by atoms with van der Waals surface area (Å²) in [7, 11) is 1.35. The molecule has 0 aliphatic rings. The third kappa shape index (κ3) is 5.60. The second-order valence-electron chi connectivity index (χ2n) is 6.06. The Hall–Kier alpha value is -2.89. The molecule has 0 spiro atoms. The molecular weight excluding hydrogens is 318 g/mol. The second-order valence-corrected chi connectivity index (χ2v) is 6.06. The number of carbonyl (C=O) groups is 2. The predicted molar refractivity (Wildman–Crippen MR) is 97.1 cm³/mol. The van der Waals surface area contributed by atoms with Crippen molar-refractivity contribution < 1.29 is 14.3 Å². The van der Waals surface area contributed by atoms with Crippen LogP contribution in [0.2, 0.25) is 0 Å². The fraction of sp³-hybridized carbons (Fsp3) is 0.316. The zero-order valence-corrected chi connectivity index (χ0v) is 14.7. The number of esters is 1. The molecule has 0 unspecified atom stereocenters. The van der Waals surface area contributed by atoms with Crippen LogP contribution in [0.4, 0.5) is 11.4 Å². The highest BCUT2D eigenvalue weighted by Crippen LogP contribution is 2.17. The summed E-state index contributed by atoms with van der Waals surface area (Å²) in [5.74, 6) is 0.00101. The monoisotopic (exact) mass is 341 g/mol. The quantitative estimate of drug-likeness (QED) is 0.755. The summed E-state index contributed by atoms with van der Waals surface area (Å²) in [6, 6.07) is 10.4. The van der Waals surface area contributed by atoms with Gasteiger partial charge in [-0.15, -0.1) is 0 Å². The topological polar surface area (TPSA) is 80.3 Å². The van der Waals surface area contributed by atoms with Crippen molar-refractivity contribution in [1.82, 2.24) is 10.3 Å². The molecule has 132 valence electrons. The van der Waals surface area contributed by atoms with Gasteiger partial charge in [-0.1, -0.05) is 13.8 Å². The lowest BCUT2D eigenvalue weighted by Crippen LogP contribution is -2.26. The Morgan fingerprint density at radius 1 is 1.08 bits per heavy atom. The average Bonchev–Trinajstić information content (AvgIpc) is 2.62. The molecule has 2 rings (SSSR count). The minimum atomic E-state index is -0.374. The first-order chi connectivity index (χ1) is 12.0. The maximum atomic E-state index is 12.0. The Morgan fingerprint density at radius 3 is 2.32 bits per heavy atom. The number of nitrogens with zero attached hydrogens (tertiary/aromatic N) is 1. The Balaban J connectivity index is 1.93. The van der Waals surface area contributed by atoms with Gasteiger partial charge in [-0.2, -0.15) is 0 Å². The standard InChI is InChI=1S/C19H23N3O3/c1-13(2)10-11-20-18(23)17-9-8-16(12-21-17)22-15-6-4-14(5-7-15)19(24)25-3/h4-9,12-13,22H,10-11H2,1-3H3,(H,20,23). The van der Waals surface area contributed by atoms with E-state index >= 15 is 0 Å². The normalized spacial score (nSPS) is 10.4. The van der Waals surface area contributed by atoms with Crippen LogP contribution in [-0.2, 0) is 4.74 Å². The maximum Gasteiger partial charge on any atom is 0.337 e. The molecule has 6 nitrogen and oxygen atoms in total. The van der Waals surface area contributed by atoms with E-state index in [9.17, 15) is 9.59 Å². The summed E-state index contributed by atoms with van der Waals surface area (Å²) in [4.78, 5) is 27.6. The molecule has 0 bridgehead atoms. The van der Waals surface area contributed by atoms with Crippen molar-refractivity contribution in [3.05, 3.63) is 53.9 Å². The molecule has 2 aromatic rings. The van der Waals surface area contributed by atoms with Crippen molar-refractivity contribution in [3.8, 4) is 0 Å². The van der Waals surface area contributed by atoms with Gasteiger partial charge in [0.05, 0.1) is 24.6 Å². The number of hydrogen-bond donors (Lipinski definition) is 2. The van der Waals surface area contributed by atoms with E-state index in [1.165, 1.54) is 7.11 Å². The number of pyridine rings is 1. The van der Waals surface area contributed by atoms with E-state index in [0.29, 0.717) is 23.7 Å². The van der Waals surface area contributed by atoms with Crippen LogP contribution in [-0.4, -0.2) is 30.5 Å². The Kier molecular flexibility index (Phi) is 6.51. The van der Waals surface area contributed by atoms with Crippen molar-refractivity contribution in [2.45, 2.75) is 20.3 Å². The van der Waals surface area contributed by atoms with E-state index in [1.807, 2.05) is 0 Å². The molecule has 0 saturated carbocycles. The van der Waals surface area contributed by atoms with Crippen LogP contribution in [0, 0.1) is 5.92 Å². The van der Waals surface area contributed by atoms with E-state index in [4.69, 9.17) is 0 Å². The molecule has 0 fully saturated rings. The van der Waals surface area contributed by atoms with Gasteiger partial charge in [-0.3, -0.25) is 4.79 Å². The molecule has 0 aliphatic heterocycles. The van der Waals surface area contributed by atoms with Gasteiger partial charge < -0.3 is 15.4 Å². The van der Waals surface area contributed by atoms with E-state index in [-0.39, 0.29) is 11.9 Å². The third-order valence-electron chi connectivity index (χ3n) is 3.60. The minimum Gasteiger partial charge on any atom is -0.465 e. The van der Waals surface area contributed by atoms with Crippen LogP contribution >= 0.6 is 0 Å². The van der Waals surface area contributed by atoms with Crippen LogP contribution in [0.15, 0.2) is 42.6 Å². The first kappa shape index (κ1) is 18.4. The van der Waals surface area contributed by atoms with Gasteiger partial charge in [0, 0.05) is 12.2 Å². The van der Waals surface area contributed by atoms with Crippen LogP contribution in [0.3, 0.4) is 0 Å². The lowest BCUT2D eigenvalue weighted by Gasteiger charge is -2.09. The lowest BCUT2D eigenvalue weighted by molar-refractivity contribution is 0.0600. The van der Waals surface area contributed by atoms with Crippen LogP contribution in [0.1, 0.15) is 41.1 Å². The number of ether oxygens (including phenoxy) is 1. The molecule has 0 atom stereocenters. The Labute approximate surface area is 147 Å². The molecule has 1 amide bonds. The summed E-state index contributed by atoms with van der Waals surface area (Å²) in [6.07, 6.45) is 2.54. The number of hydrogen-bond acceptors (Lipinski definition) is 5.